The molecule has 0 aromatic heterocycles. The van der Waals surface area contributed by atoms with E-state index in [-0.39, 0.29) is 0 Å². The topological polar surface area (TPSA) is 20.2 Å². The second-order valence-corrected chi connectivity index (χ2v) is 6.41. The second kappa shape index (κ2) is 6.54. The second-order valence-electron chi connectivity index (χ2n) is 6.41. The first-order valence-electron chi connectivity index (χ1n) is 8.56. The quantitative estimate of drug-likeness (QED) is 0.497. The van der Waals surface area contributed by atoms with Crippen molar-refractivity contribution >= 4 is 10.8 Å². The van der Waals surface area contributed by atoms with Gasteiger partial charge in [-0.25, -0.2) is 0 Å². The normalized spacial score (nSPS) is 12.2. The van der Waals surface area contributed by atoms with Crippen molar-refractivity contribution in [2.45, 2.75) is 13.0 Å². The molecule has 0 aliphatic heterocycles. The number of benzene rings is 4. The van der Waals surface area contributed by atoms with Gasteiger partial charge in [0, 0.05) is 0 Å². The van der Waals surface area contributed by atoms with Gasteiger partial charge in [-0.3, -0.25) is 0 Å². The summed E-state index contributed by atoms with van der Waals surface area (Å²) in [4.78, 5) is 0. The molecule has 0 fully saturated rings. The lowest BCUT2D eigenvalue weighted by molar-refractivity contribution is 0.221. The molecule has 0 amide bonds. The van der Waals surface area contributed by atoms with E-state index in [1.165, 1.54) is 5.56 Å². The van der Waals surface area contributed by atoms with Crippen LogP contribution in [-0.2, 0) is 0 Å². The molecule has 1 N–H and O–H groups in total. The van der Waals surface area contributed by atoms with Crippen molar-refractivity contribution in [2.75, 3.05) is 0 Å². The molecule has 4 aromatic rings. The summed E-state index contributed by atoms with van der Waals surface area (Å²) in [5.74, 6) is 0. The van der Waals surface area contributed by atoms with Gasteiger partial charge < -0.3 is 5.11 Å². The lowest BCUT2D eigenvalue weighted by atomic mass is 9.91. The third-order valence-electron chi connectivity index (χ3n) is 4.80. The maximum absolute atomic E-state index is 11.0. The summed E-state index contributed by atoms with van der Waals surface area (Å²) in [5, 5.41) is 13.3. The Kier molecular flexibility index (Phi) is 4.09. The van der Waals surface area contributed by atoms with E-state index in [2.05, 4.69) is 55.5 Å². The number of rotatable bonds is 3. The third kappa shape index (κ3) is 2.95. The lowest BCUT2D eigenvalue weighted by Gasteiger charge is -2.17. The Morgan fingerprint density at radius 1 is 0.640 bits per heavy atom. The minimum Gasteiger partial charge on any atom is -0.384 e. The maximum atomic E-state index is 11.0. The number of hydrogen-bond acceptors (Lipinski definition) is 1. The van der Waals surface area contributed by atoms with Gasteiger partial charge in [-0.1, -0.05) is 91.0 Å². The van der Waals surface area contributed by atoms with Crippen LogP contribution in [0.15, 0.2) is 91.0 Å². The Hall–Kier alpha value is -2.90. The molecular formula is C24H20O. The van der Waals surface area contributed by atoms with Crippen molar-refractivity contribution < 1.29 is 5.11 Å². The van der Waals surface area contributed by atoms with Crippen LogP contribution in [0.4, 0.5) is 0 Å². The summed E-state index contributed by atoms with van der Waals surface area (Å²) >= 11 is 0. The Morgan fingerprint density at radius 3 is 2.04 bits per heavy atom. The zero-order chi connectivity index (χ0) is 17.2. The average molecular weight is 324 g/mol. The van der Waals surface area contributed by atoms with Gasteiger partial charge in [0.15, 0.2) is 0 Å². The molecule has 1 atom stereocenters. The zero-order valence-electron chi connectivity index (χ0n) is 14.2. The largest absolute Gasteiger partial charge is 0.384 e. The van der Waals surface area contributed by atoms with E-state index in [1.54, 1.807) is 0 Å². The molecule has 0 spiro atoms. The molecule has 0 heterocycles. The van der Waals surface area contributed by atoms with Gasteiger partial charge >= 0.3 is 0 Å². The molecule has 122 valence electrons. The Labute approximate surface area is 148 Å². The standard InChI is InChI=1S/C24H20O/c1-17-11-12-20-9-5-6-10-22(20)23(17)24(25)21-15-13-19(14-16-21)18-7-3-2-4-8-18/h2-16,24-25H,1H3/t24-/m1/s1. The fraction of sp³-hybridized carbons (Fsp3) is 0.0833. The van der Waals surface area contributed by atoms with Crippen LogP contribution in [0.1, 0.15) is 22.8 Å². The van der Waals surface area contributed by atoms with E-state index in [0.717, 1.165) is 33.0 Å². The van der Waals surface area contributed by atoms with Crippen LogP contribution >= 0.6 is 0 Å². The number of fused-ring (bicyclic) bond motifs is 1. The SMILES string of the molecule is Cc1ccc2ccccc2c1[C@H](O)c1ccc(-c2ccccc2)cc1. The van der Waals surface area contributed by atoms with Crippen LogP contribution in [0.25, 0.3) is 21.9 Å². The van der Waals surface area contributed by atoms with Crippen molar-refractivity contribution in [2.24, 2.45) is 0 Å². The van der Waals surface area contributed by atoms with Crippen LogP contribution in [-0.4, -0.2) is 5.11 Å². The molecular weight excluding hydrogens is 304 g/mol. The fourth-order valence-corrected chi connectivity index (χ4v) is 3.42. The smallest absolute Gasteiger partial charge is 0.105 e. The summed E-state index contributed by atoms with van der Waals surface area (Å²) in [6.07, 6.45) is -0.629. The average Bonchev–Trinajstić information content (AvgIpc) is 2.68. The molecule has 4 rings (SSSR count). The summed E-state index contributed by atoms with van der Waals surface area (Å²) < 4.78 is 0. The van der Waals surface area contributed by atoms with Crippen molar-refractivity contribution in [1.29, 1.82) is 0 Å². The van der Waals surface area contributed by atoms with Gasteiger partial charge in [0.25, 0.3) is 0 Å². The van der Waals surface area contributed by atoms with Gasteiger partial charge in [-0.05, 0) is 45.5 Å². The van der Waals surface area contributed by atoms with E-state index < -0.39 is 6.10 Å². The Morgan fingerprint density at radius 2 is 1.28 bits per heavy atom. The third-order valence-corrected chi connectivity index (χ3v) is 4.80. The summed E-state index contributed by atoms with van der Waals surface area (Å²) in [5.41, 5.74) is 5.36. The highest BCUT2D eigenvalue weighted by molar-refractivity contribution is 5.87. The Bertz CT molecular complexity index is 1000. The lowest BCUT2D eigenvalue weighted by Crippen LogP contribution is -2.03. The molecule has 1 nitrogen and oxygen atoms in total. The first-order valence-corrected chi connectivity index (χ1v) is 8.56. The summed E-state index contributed by atoms with van der Waals surface area (Å²) in [7, 11) is 0. The van der Waals surface area contributed by atoms with Gasteiger partial charge in [-0.15, -0.1) is 0 Å². The molecule has 0 bridgehead atoms. The van der Waals surface area contributed by atoms with Crippen molar-refractivity contribution in [3.05, 3.63) is 108 Å². The zero-order valence-corrected chi connectivity index (χ0v) is 14.2. The van der Waals surface area contributed by atoms with Gasteiger partial charge in [0.2, 0.25) is 0 Å². The molecule has 1 heteroatoms. The fourth-order valence-electron chi connectivity index (χ4n) is 3.42. The van der Waals surface area contributed by atoms with Crippen LogP contribution in [0.2, 0.25) is 0 Å². The van der Waals surface area contributed by atoms with E-state index in [9.17, 15) is 5.11 Å². The predicted octanol–water partition coefficient (Wildman–Crippen LogP) is 5.90. The summed E-state index contributed by atoms with van der Waals surface area (Å²) in [6.45, 7) is 2.06. The monoisotopic (exact) mass is 324 g/mol. The number of aryl methyl sites for hydroxylation is 1. The Balaban J connectivity index is 1.75. The number of aliphatic hydroxyl groups excluding tert-OH is 1. The minimum atomic E-state index is -0.629. The first kappa shape index (κ1) is 15.6. The first-order chi connectivity index (χ1) is 12.2. The molecule has 4 aromatic carbocycles. The van der Waals surface area contributed by atoms with Crippen molar-refractivity contribution in [3.63, 3.8) is 0 Å². The van der Waals surface area contributed by atoms with E-state index in [4.69, 9.17) is 0 Å². The summed E-state index contributed by atoms with van der Waals surface area (Å²) in [6, 6.07) is 30.9. The van der Waals surface area contributed by atoms with E-state index in [0.29, 0.717) is 0 Å². The molecule has 0 saturated carbocycles. The molecule has 25 heavy (non-hydrogen) atoms. The van der Waals surface area contributed by atoms with E-state index in [1.807, 2.05) is 42.5 Å². The number of aliphatic hydroxyl groups is 1. The highest BCUT2D eigenvalue weighted by Gasteiger charge is 2.16. The van der Waals surface area contributed by atoms with Crippen LogP contribution in [0, 0.1) is 6.92 Å². The molecule has 0 aliphatic rings. The van der Waals surface area contributed by atoms with E-state index >= 15 is 0 Å². The molecule has 0 radical (unpaired) electrons. The highest BCUT2D eigenvalue weighted by Crippen LogP contribution is 2.32. The van der Waals surface area contributed by atoms with Crippen LogP contribution in [0.3, 0.4) is 0 Å². The van der Waals surface area contributed by atoms with Gasteiger partial charge in [0.1, 0.15) is 6.10 Å². The molecule has 0 unspecified atom stereocenters. The van der Waals surface area contributed by atoms with Crippen LogP contribution < -0.4 is 0 Å². The van der Waals surface area contributed by atoms with Gasteiger partial charge in [0.05, 0.1) is 0 Å². The highest BCUT2D eigenvalue weighted by atomic mass is 16.3. The van der Waals surface area contributed by atoms with Crippen LogP contribution in [0.5, 0.6) is 0 Å². The van der Waals surface area contributed by atoms with Gasteiger partial charge in [-0.2, -0.15) is 0 Å². The maximum Gasteiger partial charge on any atom is 0.105 e. The molecule has 0 aliphatic carbocycles. The minimum absolute atomic E-state index is 0.629. The number of hydrogen-bond donors (Lipinski definition) is 1. The van der Waals surface area contributed by atoms with Crippen molar-refractivity contribution in [1.82, 2.24) is 0 Å². The predicted molar refractivity (Wildman–Crippen MR) is 105 cm³/mol. The van der Waals surface area contributed by atoms with Crippen molar-refractivity contribution in [3.8, 4) is 11.1 Å². The molecule has 0 saturated heterocycles.